The summed E-state index contributed by atoms with van der Waals surface area (Å²) < 4.78 is 10.6. The zero-order valence-corrected chi connectivity index (χ0v) is 13.3. The van der Waals surface area contributed by atoms with Crippen LogP contribution in [0.1, 0.15) is 30.2 Å². The molecule has 2 aromatic rings. The Morgan fingerprint density at radius 1 is 1.36 bits per heavy atom. The first-order valence-electron chi connectivity index (χ1n) is 7.39. The van der Waals surface area contributed by atoms with E-state index in [1.807, 2.05) is 30.3 Å². The van der Waals surface area contributed by atoms with Crippen LogP contribution >= 0.6 is 11.8 Å². The first-order chi connectivity index (χ1) is 10.8. The first-order valence-corrected chi connectivity index (χ1v) is 8.37. The van der Waals surface area contributed by atoms with E-state index in [0.717, 1.165) is 41.2 Å². The molecular formula is C17H19NO3S. The summed E-state index contributed by atoms with van der Waals surface area (Å²) in [4.78, 5) is 13.2. The van der Waals surface area contributed by atoms with Crippen molar-refractivity contribution in [1.82, 2.24) is 5.32 Å². The Kier molecular flexibility index (Phi) is 4.73. The minimum Gasteiger partial charge on any atom is -0.497 e. The van der Waals surface area contributed by atoms with Crippen LogP contribution in [0.3, 0.4) is 0 Å². The maximum atomic E-state index is 12.2. The van der Waals surface area contributed by atoms with Crippen LogP contribution < -0.4 is 10.1 Å². The molecule has 0 radical (unpaired) electrons. The maximum Gasteiger partial charge on any atom is 0.230 e. The Morgan fingerprint density at radius 3 is 2.95 bits per heavy atom. The van der Waals surface area contributed by atoms with Gasteiger partial charge >= 0.3 is 0 Å². The number of amides is 1. The van der Waals surface area contributed by atoms with Crippen molar-refractivity contribution in [1.29, 1.82) is 0 Å². The fraction of sp³-hybridized carbons (Fsp3) is 0.353. The normalized spacial score (nSPS) is 16.9. The lowest BCUT2D eigenvalue weighted by Crippen LogP contribution is -2.31. The summed E-state index contributed by atoms with van der Waals surface area (Å²) in [5.41, 5.74) is 1.13. The van der Waals surface area contributed by atoms with Gasteiger partial charge in [-0.1, -0.05) is 0 Å². The molecule has 1 heterocycles. The number of thioether (sulfide) groups is 1. The fourth-order valence-corrected chi connectivity index (χ4v) is 3.40. The molecule has 1 aliphatic carbocycles. The number of aryl methyl sites for hydroxylation is 1. The fourth-order valence-electron chi connectivity index (χ4n) is 2.69. The summed E-state index contributed by atoms with van der Waals surface area (Å²) in [6, 6.07) is 9.79. The molecule has 1 amide bonds. The molecule has 1 unspecified atom stereocenters. The number of rotatable bonds is 5. The number of carbonyl (C=O) groups excluding carboxylic acids is 1. The van der Waals surface area contributed by atoms with E-state index in [-0.39, 0.29) is 11.9 Å². The van der Waals surface area contributed by atoms with Crippen LogP contribution in [0, 0.1) is 0 Å². The molecule has 4 nitrogen and oxygen atoms in total. The molecule has 22 heavy (non-hydrogen) atoms. The van der Waals surface area contributed by atoms with Crippen LogP contribution in [-0.4, -0.2) is 18.8 Å². The number of hydrogen-bond donors (Lipinski definition) is 1. The molecule has 0 aliphatic heterocycles. The highest BCUT2D eigenvalue weighted by Crippen LogP contribution is 2.30. The molecule has 0 fully saturated rings. The van der Waals surface area contributed by atoms with Crippen molar-refractivity contribution in [3.05, 3.63) is 47.9 Å². The minimum absolute atomic E-state index is 0.0554. The Morgan fingerprint density at radius 2 is 2.18 bits per heavy atom. The van der Waals surface area contributed by atoms with Gasteiger partial charge in [-0.05, 0) is 43.2 Å². The monoisotopic (exact) mass is 317 g/mol. The van der Waals surface area contributed by atoms with Crippen LogP contribution in [0.5, 0.6) is 5.75 Å². The number of fused-ring (bicyclic) bond motifs is 1. The molecule has 0 bridgehead atoms. The average molecular weight is 317 g/mol. The molecular weight excluding hydrogens is 298 g/mol. The maximum absolute atomic E-state index is 12.2. The summed E-state index contributed by atoms with van der Waals surface area (Å²) in [5.74, 6) is 2.30. The van der Waals surface area contributed by atoms with Crippen LogP contribution in [0.25, 0.3) is 0 Å². The van der Waals surface area contributed by atoms with Gasteiger partial charge in [0.1, 0.15) is 11.5 Å². The molecule has 0 spiro atoms. The summed E-state index contributed by atoms with van der Waals surface area (Å²) in [5, 5.41) is 3.11. The number of nitrogens with one attached hydrogen (secondary N) is 1. The second kappa shape index (κ2) is 6.92. The number of hydrogen-bond acceptors (Lipinski definition) is 4. The van der Waals surface area contributed by atoms with Gasteiger partial charge in [0.25, 0.3) is 0 Å². The highest BCUT2D eigenvalue weighted by atomic mass is 32.2. The lowest BCUT2D eigenvalue weighted by molar-refractivity contribution is -0.119. The van der Waals surface area contributed by atoms with E-state index in [9.17, 15) is 4.79 Å². The van der Waals surface area contributed by atoms with Crippen LogP contribution in [0.15, 0.2) is 45.9 Å². The predicted molar refractivity (Wildman–Crippen MR) is 86.2 cm³/mol. The van der Waals surface area contributed by atoms with Gasteiger partial charge in [-0.2, -0.15) is 0 Å². The predicted octanol–water partition coefficient (Wildman–Crippen LogP) is 3.57. The molecule has 3 rings (SSSR count). The summed E-state index contributed by atoms with van der Waals surface area (Å²) in [6.45, 7) is 0. The van der Waals surface area contributed by atoms with Crippen molar-refractivity contribution in [2.45, 2.75) is 30.2 Å². The Hall–Kier alpha value is -1.88. The van der Waals surface area contributed by atoms with Crippen LogP contribution in [-0.2, 0) is 11.2 Å². The van der Waals surface area contributed by atoms with Gasteiger partial charge in [0.2, 0.25) is 5.91 Å². The molecule has 0 saturated heterocycles. The Bertz CT molecular complexity index is 636. The van der Waals surface area contributed by atoms with Gasteiger partial charge in [0.15, 0.2) is 0 Å². The Balaban J connectivity index is 1.53. The number of carbonyl (C=O) groups is 1. The van der Waals surface area contributed by atoms with Crippen LogP contribution in [0.4, 0.5) is 0 Å². The molecule has 116 valence electrons. The highest BCUT2D eigenvalue weighted by Gasteiger charge is 2.23. The SMILES string of the molecule is COc1ccc(SCC(=O)NC2CCCc3occc32)cc1. The summed E-state index contributed by atoms with van der Waals surface area (Å²) in [7, 11) is 1.64. The summed E-state index contributed by atoms with van der Waals surface area (Å²) in [6.07, 6.45) is 4.71. The zero-order chi connectivity index (χ0) is 15.4. The van der Waals surface area contributed by atoms with Crippen molar-refractivity contribution < 1.29 is 13.9 Å². The molecule has 1 N–H and O–H groups in total. The largest absolute Gasteiger partial charge is 0.497 e. The lowest BCUT2D eigenvalue weighted by Gasteiger charge is -2.22. The number of benzene rings is 1. The van der Waals surface area contributed by atoms with Gasteiger partial charge in [0, 0.05) is 16.9 Å². The van der Waals surface area contributed by atoms with Gasteiger partial charge in [-0.25, -0.2) is 0 Å². The van der Waals surface area contributed by atoms with Crippen molar-refractivity contribution in [3.8, 4) is 5.75 Å². The second-order valence-corrected chi connectivity index (χ2v) is 6.32. The first kappa shape index (κ1) is 15.0. The molecule has 1 aromatic heterocycles. The minimum atomic E-state index is 0.0554. The highest BCUT2D eigenvalue weighted by molar-refractivity contribution is 8.00. The molecule has 1 atom stereocenters. The van der Waals surface area contributed by atoms with E-state index in [2.05, 4.69) is 5.32 Å². The summed E-state index contributed by atoms with van der Waals surface area (Å²) >= 11 is 1.53. The van der Waals surface area contributed by atoms with Gasteiger partial charge in [-0.3, -0.25) is 4.79 Å². The molecule has 1 aromatic carbocycles. The van der Waals surface area contributed by atoms with E-state index in [1.165, 1.54) is 11.8 Å². The van der Waals surface area contributed by atoms with Gasteiger partial charge in [-0.15, -0.1) is 11.8 Å². The third-order valence-corrected chi connectivity index (χ3v) is 4.83. The van der Waals surface area contributed by atoms with Gasteiger partial charge < -0.3 is 14.5 Å². The standard InChI is InChI=1S/C17H19NO3S/c1-20-12-5-7-13(8-6-12)22-11-17(19)18-15-3-2-4-16-14(15)9-10-21-16/h5-10,15H,2-4,11H2,1H3,(H,18,19). The van der Waals surface area contributed by atoms with E-state index < -0.39 is 0 Å². The van der Waals surface area contributed by atoms with Gasteiger partial charge in [0.05, 0.1) is 25.2 Å². The third-order valence-electron chi connectivity index (χ3n) is 3.82. The molecule has 5 heteroatoms. The third kappa shape index (κ3) is 3.47. The number of methoxy groups -OCH3 is 1. The lowest BCUT2D eigenvalue weighted by atomic mass is 9.93. The van der Waals surface area contributed by atoms with E-state index in [0.29, 0.717) is 5.75 Å². The van der Waals surface area contributed by atoms with E-state index >= 15 is 0 Å². The smallest absolute Gasteiger partial charge is 0.230 e. The Labute approximate surface area is 134 Å². The van der Waals surface area contributed by atoms with Crippen molar-refractivity contribution in [2.24, 2.45) is 0 Å². The number of furan rings is 1. The van der Waals surface area contributed by atoms with Crippen molar-refractivity contribution in [2.75, 3.05) is 12.9 Å². The zero-order valence-electron chi connectivity index (χ0n) is 12.5. The molecule has 0 saturated carbocycles. The van der Waals surface area contributed by atoms with E-state index in [4.69, 9.17) is 9.15 Å². The average Bonchev–Trinajstić information content (AvgIpc) is 3.03. The van der Waals surface area contributed by atoms with Crippen molar-refractivity contribution >= 4 is 17.7 Å². The topological polar surface area (TPSA) is 51.5 Å². The quantitative estimate of drug-likeness (QED) is 0.857. The van der Waals surface area contributed by atoms with Crippen LogP contribution in [0.2, 0.25) is 0 Å². The van der Waals surface area contributed by atoms with E-state index in [1.54, 1.807) is 13.4 Å². The second-order valence-electron chi connectivity index (χ2n) is 5.28. The van der Waals surface area contributed by atoms with Crippen molar-refractivity contribution in [3.63, 3.8) is 0 Å². The molecule has 1 aliphatic rings. The number of ether oxygens (including phenoxy) is 1.